The zero-order valence-corrected chi connectivity index (χ0v) is 13.7. The van der Waals surface area contributed by atoms with Crippen molar-refractivity contribution in [3.05, 3.63) is 93.4 Å². The predicted octanol–water partition coefficient (Wildman–Crippen LogP) is 3.06. The number of hydrogen-bond donors (Lipinski definition) is 1. The quantitative estimate of drug-likeness (QED) is 0.566. The minimum absolute atomic E-state index is 0.246. The molecule has 26 heavy (non-hydrogen) atoms. The normalized spacial score (nSPS) is 10.3. The lowest BCUT2D eigenvalue weighted by Gasteiger charge is -2.08. The standard InChI is InChI=1S/C19H15N3O4/c23-18(13-21-12-17(22(25)26)10-11-19(21)24)20-16-8-6-15(7-9-16)14-4-2-1-3-5-14/h1-12H,13H2,(H,20,23). The van der Waals surface area contributed by atoms with Crippen LogP contribution in [0.1, 0.15) is 0 Å². The molecule has 0 bridgehead atoms. The minimum Gasteiger partial charge on any atom is -0.325 e. The average Bonchev–Trinajstić information content (AvgIpc) is 2.64. The monoisotopic (exact) mass is 349 g/mol. The van der Waals surface area contributed by atoms with Crippen LogP contribution < -0.4 is 10.9 Å². The highest BCUT2D eigenvalue weighted by Crippen LogP contribution is 2.21. The van der Waals surface area contributed by atoms with E-state index in [4.69, 9.17) is 0 Å². The minimum atomic E-state index is -0.615. The number of nitrogens with zero attached hydrogens (tertiary/aromatic N) is 2. The van der Waals surface area contributed by atoms with Crippen molar-refractivity contribution in [2.45, 2.75) is 6.54 Å². The fourth-order valence-electron chi connectivity index (χ4n) is 2.48. The van der Waals surface area contributed by atoms with Crippen molar-refractivity contribution in [1.29, 1.82) is 0 Å². The van der Waals surface area contributed by atoms with E-state index in [2.05, 4.69) is 5.32 Å². The number of aromatic nitrogens is 1. The predicted molar refractivity (Wildman–Crippen MR) is 97.9 cm³/mol. The molecule has 0 radical (unpaired) electrons. The Morgan fingerprint density at radius 3 is 2.27 bits per heavy atom. The second kappa shape index (κ2) is 7.43. The Kier molecular flexibility index (Phi) is 4.89. The summed E-state index contributed by atoms with van der Waals surface area (Å²) in [7, 11) is 0. The Hall–Kier alpha value is -3.74. The average molecular weight is 349 g/mol. The number of amides is 1. The van der Waals surface area contributed by atoms with Crippen molar-refractivity contribution in [3.63, 3.8) is 0 Å². The van der Waals surface area contributed by atoms with E-state index in [0.29, 0.717) is 5.69 Å². The maximum atomic E-state index is 12.1. The van der Waals surface area contributed by atoms with Gasteiger partial charge in [0.05, 0.1) is 11.1 Å². The number of anilines is 1. The number of benzene rings is 2. The fourth-order valence-corrected chi connectivity index (χ4v) is 2.48. The summed E-state index contributed by atoms with van der Waals surface area (Å²) in [5.41, 5.74) is 1.93. The first-order valence-corrected chi connectivity index (χ1v) is 7.83. The third-order valence-electron chi connectivity index (χ3n) is 3.77. The zero-order valence-electron chi connectivity index (χ0n) is 13.7. The fraction of sp³-hybridized carbons (Fsp3) is 0.0526. The number of nitro groups is 1. The van der Waals surface area contributed by atoms with Gasteiger partial charge in [-0.25, -0.2) is 0 Å². The second-order valence-electron chi connectivity index (χ2n) is 5.60. The number of pyridine rings is 1. The molecule has 2 aromatic carbocycles. The zero-order chi connectivity index (χ0) is 18.5. The van der Waals surface area contributed by atoms with Gasteiger partial charge in [0.25, 0.3) is 11.2 Å². The van der Waals surface area contributed by atoms with E-state index in [0.717, 1.165) is 34.0 Å². The molecule has 1 N–H and O–H groups in total. The summed E-state index contributed by atoms with van der Waals surface area (Å²) in [5, 5.41) is 13.5. The van der Waals surface area contributed by atoms with E-state index in [9.17, 15) is 19.7 Å². The van der Waals surface area contributed by atoms with E-state index in [-0.39, 0.29) is 12.2 Å². The van der Waals surface area contributed by atoms with Gasteiger partial charge in [0.2, 0.25) is 5.91 Å². The van der Waals surface area contributed by atoms with Gasteiger partial charge in [-0.1, -0.05) is 42.5 Å². The molecule has 0 aliphatic carbocycles. The van der Waals surface area contributed by atoms with Crippen molar-refractivity contribution < 1.29 is 9.72 Å². The van der Waals surface area contributed by atoms with Gasteiger partial charge in [0, 0.05) is 17.8 Å². The van der Waals surface area contributed by atoms with Crippen molar-refractivity contribution in [2.24, 2.45) is 0 Å². The van der Waals surface area contributed by atoms with Gasteiger partial charge < -0.3 is 5.32 Å². The summed E-state index contributed by atoms with van der Waals surface area (Å²) < 4.78 is 1.01. The van der Waals surface area contributed by atoms with E-state index >= 15 is 0 Å². The molecular weight excluding hydrogens is 334 g/mol. The van der Waals surface area contributed by atoms with Crippen LogP contribution in [0.25, 0.3) is 11.1 Å². The number of hydrogen-bond acceptors (Lipinski definition) is 4. The third-order valence-corrected chi connectivity index (χ3v) is 3.77. The summed E-state index contributed by atoms with van der Waals surface area (Å²) in [5.74, 6) is -0.444. The first kappa shape index (κ1) is 17.1. The molecule has 0 unspecified atom stereocenters. The van der Waals surface area contributed by atoms with E-state index in [1.54, 1.807) is 12.1 Å². The maximum absolute atomic E-state index is 12.1. The second-order valence-corrected chi connectivity index (χ2v) is 5.60. The van der Waals surface area contributed by atoms with Crippen LogP contribution in [0.15, 0.2) is 77.7 Å². The summed E-state index contributed by atoms with van der Waals surface area (Å²) in [6.45, 7) is -0.305. The van der Waals surface area contributed by atoms with Crippen LogP contribution in [-0.2, 0) is 11.3 Å². The van der Waals surface area contributed by atoms with E-state index in [1.165, 1.54) is 0 Å². The van der Waals surface area contributed by atoms with Gasteiger partial charge >= 0.3 is 0 Å². The molecule has 0 fully saturated rings. The molecule has 1 aromatic heterocycles. The van der Waals surface area contributed by atoms with Crippen molar-refractivity contribution in [3.8, 4) is 11.1 Å². The molecule has 3 aromatic rings. The first-order chi connectivity index (χ1) is 12.5. The summed E-state index contributed by atoms with van der Waals surface area (Å²) in [4.78, 5) is 34.0. The summed E-state index contributed by atoms with van der Waals surface area (Å²) in [6.07, 6.45) is 1.06. The van der Waals surface area contributed by atoms with Crippen LogP contribution in [0.5, 0.6) is 0 Å². The highest BCUT2D eigenvalue weighted by molar-refractivity contribution is 5.90. The largest absolute Gasteiger partial charge is 0.325 e. The summed E-state index contributed by atoms with van der Waals surface area (Å²) >= 11 is 0. The highest BCUT2D eigenvalue weighted by Gasteiger charge is 2.11. The molecule has 0 aliphatic rings. The molecule has 0 aliphatic heterocycles. The Bertz CT molecular complexity index is 995. The SMILES string of the molecule is O=C(Cn1cc([N+](=O)[O-])ccc1=O)Nc1ccc(-c2ccccc2)cc1. The molecule has 0 atom stereocenters. The molecular formula is C19H15N3O4. The lowest BCUT2D eigenvalue weighted by molar-refractivity contribution is -0.385. The molecule has 7 nitrogen and oxygen atoms in total. The number of rotatable bonds is 5. The smallest absolute Gasteiger partial charge is 0.285 e. The van der Waals surface area contributed by atoms with Crippen LogP contribution in [0.2, 0.25) is 0 Å². The topological polar surface area (TPSA) is 94.2 Å². The molecule has 0 saturated heterocycles. The Morgan fingerprint density at radius 1 is 0.962 bits per heavy atom. The van der Waals surface area contributed by atoms with E-state index < -0.39 is 16.4 Å². The van der Waals surface area contributed by atoms with Crippen molar-refractivity contribution >= 4 is 17.3 Å². The van der Waals surface area contributed by atoms with Crippen molar-refractivity contribution in [1.82, 2.24) is 4.57 Å². The van der Waals surface area contributed by atoms with Crippen LogP contribution in [0, 0.1) is 10.1 Å². The van der Waals surface area contributed by atoms with Gasteiger partial charge in [0.1, 0.15) is 6.54 Å². The summed E-state index contributed by atoms with van der Waals surface area (Å²) in [6, 6.07) is 19.3. The molecule has 0 saturated carbocycles. The third kappa shape index (κ3) is 4.02. The van der Waals surface area contributed by atoms with Gasteiger partial charge in [0.15, 0.2) is 0 Å². The molecule has 1 heterocycles. The molecule has 7 heteroatoms. The number of nitrogens with one attached hydrogen (secondary N) is 1. The number of carbonyl (C=O) groups is 1. The van der Waals surface area contributed by atoms with Gasteiger partial charge in [-0.05, 0) is 23.3 Å². The van der Waals surface area contributed by atoms with Gasteiger partial charge in [-0.3, -0.25) is 24.3 Å². The Morgan fingerprint density at radius 2 is 1.62 bits per heavy atom. The molecule has 0 spiro atoms. The molecule has 3 rings (SSSR count). The maximum Gasteiger partial charge on any atom is 0.285 e. The van der Waals surface area contributed by atoms with Crippen LogP contribution in [0.4, 0.5) is 11.4 Å². The van der Waals surface area contributed by atoms with E-state index in [1.807, 2.05) is 42.5 Å². The van der Waals surface area contributed by atoms with Crippen LogP contribution in [0.3, 0.4) is 0 Å². The highest BCUT2D eigenvalue weighted by atomic mass is 16.6. The lowest BCUT2D eigenvalue weighted by Crippen LogP contribution is -2.26. The van der Waals surface area contributed by atoms with Gasteiger partial charge in [-0.15, -0.1) is 0 Å². The van der Waals surface area contributed by atoms with Crippen molar-refractivity contribution in [2.75, 3.05) is 5.32 Å². The molecule has 130 valence electrons. The van der Waals surface area contributed by atoms with Crippen LogP contribution in [-0.4, -0.2) is 15.4 Å². The lowest BCUT2D eigenvalue weighted by atomic mass is 10.1. The van der Waals surface area contributed by atoms with Gasteiger partial charge in [-0.2, -0.15) is 0 Å². The van der Waals surface area contributed by atoms with Crippen LogP contribution >= 0.6 is 0 Å². The Labute approximate surface area is 148 Å². The first-order valence-electron chi connectivity index (χ1n) is 7.83. The molecule has 1 amide bonds. The number of carbonyl (C=O) groups excluding carboxylic acids is 1. The Balaban J connectivity index is 1.70.